The lowest BCUT2D eigenvalue weighted by Gasteiger charge is -2.17. The molecule has 0 aliphatic carbocycles. The van der Waals surface area contributed by atoms with Gasteiger partial charge in [0.1, 0.15) is 0 Å². The van der Waals surface area contributed by atoms with Crippen molar-refractivity contribution in [2.75, 3.05) is 13.4 Å². The van der Waals surface area contributed by atoms with E-state index in [2.05, 4.69) is 4.74 Å². The van der Waals surface area contributed by atoms with Gasteiger partial charge in [-0.1, -0.05) is 11.6 Å². The monoisotopic (exact) mass is 289 g/mol. The molecule has 19 heavy (non-hydrogen) atoms. The maximum absolute atomic E-state index is 13.9. The Morgan fingerprint density at radius 3 is 2.79 bits per heavy atom. The standard InChI is InChI=1S/C12H13ClFNO4/c1-2-17-12(16)10(14)11(15)6-3-8-9(4-7(6)13)19-5-18-8/h3-4,10-11H,2,5,15H2,1H3/t10?,11-/m1/s1. The van der Waals surface area contributed by atoms with Crippen LogP contribution in [-0.2, 0) is 9.53 Å². The number of benzene rings is 1. The third-order valence-electron chi connectivity index (χ3n) is 2.68. The van der Waals surface area contributed by atoms with Gasteiger partial charge in [0, 0.05) is 11.1 Å². The molecule has 1 aliphatic heterocycles. The third-order valence-corrected chi connectivity index (χ3v) is 3.01. The molecule has 2 N–H and O–H groups in total. The molecule has 0 aromatic heterocycles. The van der Waals surface area contributed by atoms with Crippen molar-refractivity contribution in [3.63, 3.8) is 0 Å². The second kappa shape index (κ2) is 5.63. The van der Waals surface area contributed by atoms with E-state index < -0.39 is 18.2 Å². The predicted molar refractivity (Wildman–Crippen MR) is 66.0 cm³/mol. The number of carbonyl (C=O) groups is 1. The quantitative estimate of drug-likeness (QED) is 0.858. The predicted octanol–water partition coefficient (Wildman–Crippen LogP) is 1.97. The van der Waals surface area contributed by atoms with Crippen molar-refractivity contribution in [3.8, 4) is 11.5 Å². The molecular weight excluding hydrogens is 277 g/mol. The van der Waals surface area contributed by atoms with Gasteiger partial charge in [0.05, 0.1) is 12.6 Å². The highest BCUT2D eigenvalue weighted by Crippen LogP contribution is 2.39. The topological polar surface area (TPSA) is 70.8 Å². The number of esters is 1. The van der Waals surface area contributed by atoms with Crippen LogP contribution in [0.15, 0.2) is 12.1 Å². The summed E-state index contributed by atoms with van der Waals surface area (Å²) in [6, 6.07) is 1.74. The van der Waals surface area contributed by atoms with Crippen molar-refractivity contribution in [3.05, 3.63) is 22.7 Å². The van der Waals surface area contributed by atoms with E-state index >= 15 is 0 Å². The summed E-state index contributed by atoms with van der Waals surface area (Å²) in [6.07, 6.45) is -1.99. The van der Waals surface area contributed by atoms with E-state index in [4.69, 9.17) is 26.8 Å². The second-order valence-electron chi connectivity index (χ2n) is 3.91. The summed E-state index contributed by atoms with van der Waals surface area (Å²) in [5.74, 6) is -0.123. The number of nitrogens with two attached hydrogens (primary N) is 1. The number of hydrogen-bond donors (Lipinski definition) is 1. The highest BCUT2D eigenvalue weighted by Gasteiger charge is 2.30. The zero-order valence-electron chi connectivity index (χ0n) is 10.2. The summed E-state index contributed by atoms with van der Waals surface area (Å²) >= 11 is 5.99. The minimum absolute atomic E-state index is 0.0707. The Labute approximate surface area is 114 Å². The molecule has 2 atom stereocenters. The zero-order valence-corrected chi connectivity index (χ0v) is 10.9. The van der Waals surface area contributed by atoms with Crippen molar-refractivity contribution in [2.24, 2.45) is 5.73 Å². The smallest absolute Gasteiger partial charge is 0.342 e. The lowest BCUT2D eigenvalue weighted by atomic mass is 10.0. The normalized spacial score (nSPS) is 16.0. The first-order valence-corrected chi connectivity index (χ1v) is 6.07. The van der Waals surface area contributed by atoms with Gasteiger partial charge in [-0.2, -0.15) is 0 Å². The molecule has 2 rings (SSSR count). The molecule has 0 radical (unpaired) electrons. The molecule has 0 spiro atoms. The summed E-state index contributed by atoms with van der Waals surface area (Å²) in [4.78, 5) is 11.3. The largest absolute Gasteiger partial charge is 0.464 e. The van der Waals surface area contributed by atoms with Crippen LogP contribution < -0.4 is 15.2 Å². The molecule has 0 saturated heterocycles. The van der Waals surface area contributed by atoms with Gasteiger partial charge in [-0.25, -0.2) is 9.18 Å². The Bertz CT molecular complexity index is 497. The molecule has 1 unspecified atom stereocenters. The molecule has 1 heterocycles. The van der Waals surface area contributed by atoms with Gasteiger partial charge in [0.2, 0.25) is 13.0 Å². The molecule has 1 aliphatic rings. The Morgan fingerprint density at radius 1 is 1.53 bits per heavy atom. The van der Waals surface area contributed by atoms with Crippen LogP contribution in [0.3, 0.4) is 0 Å². The van der Waals surface area contributed by atoms with Gasteiger partial charge < -0.3 is 19.9 Å². The summed E-state index contributed by atoms with van der Waals surface area (Å²) < 4.78 is 28.7. The number of ether oxygens (including phenoxy) is 3. The van der Waals surface area contributed by atoms with Crippen LogP contribution >= 0.6 is 11.6 Å². The van der Waals surface area contributed by atoms with Gasteiger partial charge >= 0.3 is 5.97 Å². The van der Waals surface area contributed by atoms with Crippen molar-refractivity contribution in [2.45, 2.75) is 19.1 Å². The maximum Gasteiger partial charge on any atom is 0.342 e. The molecular formula is C12H13ClFNO4. The first-order valence-electron chi connectivity index (χ1n) is 5.70. The molecule has 5 nitrogen and oxygen atoms in total. The summed E-state index contributed by atoms with van der Waals surface area (Å²) in [7, 11) is 0. The first kappa shape index (κ1) is 13.9. The fraction of sp³-hybridized carbons (Fsp3) is 0.417. The number of halogens is 2. The van der Waals surface area contributed by atoms with Crippen LogP contribution in [0.4, 0.5) is 4.39 Å². The Hall–Kier alpha value is -1.53. The minimum Gasteiger partial charge on any atom is -0.464 e. The first-order chi connectivity index (χ1) is 9.04. The Morgan fingerprint density at radius 2 is 2.16 bits per heavy atom. The highest BCUT2D eigenvalue weighted by atomic mass is 35.5. The molecule has 0 bridgehead atoms. The van der Waals surface area contributed by atoms with Gasteiger partial charge in [-0.05, 0) is 18.6 Å². The fourth-order valence-electron chi connectivity index (χ4n) is 1.71. The number of rotatable bonds is 4. The van der Waals surface area contributed by atoms with Crippen molar-refractivity contribution in [1.82, 2.24) is 0 Å². The highest BCUT2D eigenvalue weighted by molar-refractivity contribution is 6.31. The van der Waals surface area contributed by atoms with Gasteiger partial charge in [-0.3, -0.25) is 0 Å². The number of hydrogen-bond acceptors (Lipinski definition) is 5. The minimum atomic E-state index is -1.99. The molecule has 0 amide bonds. The number of alkyl halides is 1. The van der Waals surface area contributed by atoms with E-state index in [1.165, 1.54) is 12.1 Å². The molecule has 104 valence electrons. The molecule has 1 aromatic rings. The van der Waals surface area contributed by atoms with E-state index in [1.807, 2.05) is 0 Å². The van der Waals surface area contributed by atoms with Crippen LogP contribution in [-0.4, -0.2) is 25.5 Å². The lowest BCUT2D eigenvalue weighted by molar-refractivity contribution is -0.149. The van der Waals surface area contributed by atoms with E-state index in [1.54, 1.807) is 6.92 Å². The van der Waals surface area contributed by atoms with E-state index in [0.717, 1.165) is 0 Å². The van der Waals surface area contributed by atoms with Crippen LogP contribution in [0.5, 0.6) is 11.5 Å². The second-order valence-corrected chi connectivity index (χ2v) is 4.31. The van der Waals surface area contributed by atoms with Gasteiger partial charge in [0.25, 0.3) is 0 Å². The average molecular weight is 290 g/mol. The van der Waals surface area contributed by atoms with Crippen LogP contribution in [0, 0.1) is 0 Å². The van der Waals surface area contributed by atoms with Gasteiger partial charge in [0.15, 0.2) is 11.5 Å². The van der Waals surface area contributed by atoms with Crippen molar-refractivity contribution < 1.29 is 23.4 Å². The number of fused-ring (bicyclic) bond motifs is 1. The Balaban J connectivity index is 2.24. The van der Waals surface area contributed by atoms with E-state index in [-0.39, 0.29) is 24.0 Å². The van der Waals surface area contributed by atoms with Gasteiger partial charge in [-0.15, -0.1) is 0 Å². The number of carbonyl (C=O) groups excluding carboxylic acids is 1. The summed E-state index contributed by atoms with van der Waals surface area (Å²) in [5.41, 5.74) is 5.98. The third kappa shape index (κ3) is 2.74. The molecule has 0 saturated carbocycles. The summed E-state index contributed by atoms with van der Waals surface area (Å²) in [6.45, 7) is 1.74. The molecule has 7 heteroatoms. The average Bonchev–Trinajstić information content (AvgIpc) is 2.83. The Kier molecular flexibility index (Phi) is 4.11. The SMILES string of the molecule is CCOC(=O)C(F)[C@H](N)c1cc2c(cc1Cl)OCO2. The van der Waals surface area contributed by atoms with Crippen LogP contribution in [0.2, 0.25) is 5.02 Å². The zero-order chi connectivity index (χ0) is 14.0. The van der Waals surface area contributed by atoms with Crippen molar-refractivity contribution in [1.29, 1.82) is 0 Å². The van der Waals surface area contributed by atoms with Crippen molar-refractivity contribution >= 4 is 17.6 Å². The van der Waals surface area contributed by atoms with E-state index in [0.29, 0.717) is 11.5 Å². The fourth-order valence-corrected chi connectivity index (χ4v) is 1.99. The summed E-state index contributed by atoms with van der Waals surface area (Å²) in [5, 5.41) is 0.212. The molecule has 0 fully saturated rings. The van der Waals surface area contributed by atoms with Crippen LogP contribution in [0.25, 0.3) is 0 Å². The van der Waals surface area contributed by atoms with E-state index in [9.17, 15) is 9.18 Å². The lowest BCUT2D eigenvalue weighted by Crippen LogP contribution is -2.31. The maximum atomic E-state index is 13.9. The molecule has 1 aromatic carbocycles. The van der Waals surface area contributed by atoms with Crippen LogP contribution in [0.1, 0.15) is 18.5 Å².